The predicted octanol–water partition coefficient (Wildman–Crippen LogP) is 2.10. The number of hydrogen-bond acceptors (Lipinski definition) is 5. The molecule has 2 rings (SSSR count). The number of sulfone groups is 1. The van der Waals surface area contributed by atoms with Gasteiger partial charge in [-0.2, -0.15) is 5.26 Å². The average Bonchev–Trinajstić information content (AvgIpc) is 2.39. The van der Waals surface area contributed by atoms with E-state index in [1.807, 2.05) is 6.07 Å². The molecule has 0 unspecified atom stereocenters. The Morgan fingerprint density at radius 2 is 1.89 bits per heavy atom. The van der Waals surface area contributed by atoms with E-state index in [1.54, 1.807) is 24.3 Å². The van der Waals surface area contributed by atoms with Gasteiger partial charge in [-0.05, 0) is 36.4 Å². The summed E-state index contributed by atoms with van der Waals surface area (Å²) in [7, 11) is -3.20. The Labute approximate surface area is 111 Å². The summed E-state index contributed by atoms with van der Waals surface area (Å²) in [6.45, 7) is 0. The monoisotopic (exact) mass is 273 g/mol. The number of nitrogens with one attached hydrogen (secondary N) is 1. The molecule has 96 valence electrons. The van der Waals surface area contributed by atoms with Crippen LogP contribution in [-0.2, 0) is 9.84 Å². The van der Waals surface area contributed by atoms with Crippen LogP contribution in [0, 0.1) is 11.3 Å². The Bertz CT molecular complexity index is 731. The average molecular weight is 273 g/mol. The van der Waals surface area contributed by atoms with Gasteiger partial charge in [0.2, 0.25) is 0 Å². The highest BCUT2D eigenvalue weighted by molar-refractivity contribution is 7.90. The first-order valence-electron chi connectivity index (χ1n) is 5.43. The SMILES string of the molecule is CS(=O)(=O)c1ccc(Nc2cccnc2C#N)cc1. The second-order valence-corrected chi connectivity index (χ2v) is 5.95. The van der Waals surface area contributed by atoms with Crippen LogP contribution < -0.4 is 5.32 Å². The molecule has 6 heteroatoms. The van der Waals surface area contributed by atoms with Gasteiger partial charge < -0.3 is 5.32 Å². The van der Waals surface area contributed by atoms with E-state index in [0.717, 1.165) is 6.26 Å². The number of hydrogen-bond donors (Lipinski definition) is 1. The standard InChI is InChI=1S/C13H11N3O2S/c1-19(17,18)11-6-4-10(5-7-11)16-12-3-2-8-15-13(12)9-14/h2-8,16H,1H3. The lowest BCUT2D eigenvalue weighted by molar-refractivity contribution is 0.602. The van der Waals surface area contributed by atoms with Gasteiger partial charge in [0.1, 0.15) is 6.07 Å². The molecule has 0 aliphatic heterocycles. The number of benzene rings is 1. The zero-order chi connectivity index (χ0) is 13.9. The van der Waals surface area contributed by atoms with Crippen LogP contribution in [0.25, 0.3) is 0 Å². The first kappa shape index (κ1) is 13.1. The molecule has 0 aliphatic rings. The number of aromatic nitrogens is 1. The van der Waals surface area contributed by atoms with Gasteiger partial charge >= 0.3 is 0 Å². The maximum Gasteiger partial charge on any atom is 0.175 e. The van der Waals surface area contributed by atoms with Gasteiger partial charge in [-0.3, -0.25) is 0 Å². The lowest BCUT2D eigenvalue weighted by Gasteiger charge is -2.07. The number of rotatable bonds is 3. The van der Waals surface area contributed by atoms with Gasteiger partial charge in [0.15, 0.2) is 15.5 Å². The van der Waals surface area contributed by atoms with Crippen molar-refractivity contribution in [2.45, 2.75) is 4.90 Å². The topological polar surface area (TPSA) is 82.8 Å². The Morgan fingerprint density at radius 3 is 2.47 bits per heavy atom. The lowest BCUT2D eigenvalue weighted by atomic mass is 10.2. The van der Waals surface area contributed by atoms with Crippen molar-refractivity contribution in [2.24, 2.45) is 0 Å². The molecule has 0 saturated heterocycles. The molecule has 0 radical (unpaired) electrons. The van der Waals surface area contributed by atoms with Crippen LogP contribution in [-0.4, -0.2) is 19.7 Å². The summed E-state index contributed by atoms with van der Waals surface area (Å²) in [6, 6.07) is 11.7. The minimum absolute atomic E-state index is 0.254. The van der Waals surface area contributed by atoms with Gasteiger partial charge in [0.05, 0.1) is 10.6 Å². The third kappa shape index (κ3) is 3.09. The van der Waals surface area contributed by atoms with E-state index in [2.05, 4.69) is 10.3 Å². The zero-order valence-corrected chi connectivity index (χ0v) is 11.0. The fourth-order valence-electron chi connectivity index (χ4n) is 1.54. The summed E-state index contributed by atoms with van der Waals surface area (Å²) in [5.74, 6) is 0. The molecule has 1 aromatic carbocycles. The molecule has 1 N–H and O–H groups in total. The molecular formula is C13H11N3O2S. The summed E-state index contributed by atoms with van der Waals surface area (Å²) < 4.78 is 22.7. The van der Waals surface area contributed by atoms with E-state index in [0.29, 0.717) is 11.4 Å². The number of nitrogens with zero attached hydrogens (tertiary/aromatic N) is 2. The van der Waals surface area contributed by atoms with Crippen molar-refractivity contribution in [1.82, 2.24) is 4.98 Å². The van der Waals surface area contributed by atoms with Crippen LogP contribution >= 0.6 is 0 Å². The molecule has 2 aromatic rings. The van der Waals surface area contributed by atoms with Gasteiger partial charge in [0, 0.05) is 18.1 Å². The molecule has 5 nitrogen and oxygen atoms in total. The van der Waals surface area contributed by atoms with Crippen LogP contribution in [0.15, 0.2) is 47.5 Å². The van der Waals surface area contributed by atoms with Gasteiger partial charge in [-0.15, -0.1) is 0 Å². The molecule has 19 heavy (non-hydrogen) atoms. The first-order chi connectivity index (χ1) is 9.00. The van der Waals surface area contributed by atoms with Crippen molar-refractivity contribution in [3.8, 4) is 6.07 Å². The second-order valence-electron chi connectivity index (χ2n) is 3.93. The third-order valence-electron chi connectivity index (χ3n) is 2.48. The summed E-state index contributed by atoms with van der Waals surface area (Å²) in [4.78, 5) is 4.19. The number of anilines is 2. The minimum Gasteiger partial charge on any atom is -0.353 e. The predicted molar refractivity (Wildman–Crippen MR) is 71.8 cm³/mol. The highest BCUT2D eigenvalue weighted by atomic mass is 32.2. The Hall–Kier alpha value is -2.39. The van der Waals surface area contributed by atoms with Crippen LogP contribution in [0.2, 0.25) is 0 Å². The van der Waals surface area contributed by atoms with E-state index in [1.165, 1.54) is 18.3 Å². The largest absolute Gasteiger partial charge is 0.353 e. The van der Waals surface area contributed by atoms with E-state index in [4.69, 9.17) is 5.26 Å². The number of nitriles is 1. The van der Waals surface area contributed by atoms with Gasteiger partial charge in [0.25, 0.3) is 0 Å². The molecule has 0 saturated carbocycles. The maximum absolute atomic E-state index is 11.3. The van der Waals surface area contributed by atoms with Crippen molar-refractivity contribution in [3.63, 3.8) is 0 Å². The van der Waals surface area contributed by atoms with Crippen LogP contribution in [0.3, 0.4) is 0 Å². The number of pyridine rings is 1. The van der Waals surface area contributed by atoms with Gasteiger partial charge in [-0.25, -0.2) is 13.4 Å². The van der Waals surface area contributed by atoms with E-state index < -0.39 is 9.84 Å². The summed E-state index contributed by atoms with van der Waals surface area (Å²) >= 11 is 0. The van der Waals surface area contributed by atoms with Crippen LogP contribution in [0.5, 0.6) is 0 Å². The van der Waals surface area contributed by atoms with Crippen LogP contribution in [0.1, 0.15) is 5.69 Å². The van der Waals surface area contributed by atoms with Crippen molar-refractivity contribution < 1.29 is 8.42 Å². The van der Waals surface area contributed by atoms with Crippen molar-refractivity contribution >= 4 is 21.2 Å². The molecule has 1 heterocycles. The second kappa shape index (κ2) is 5.08. The minimum atomic E-state index is -3.20. The molecule has 1 aromatic heterocycles. The summed E-state index contributed by atoms with van der Waals surface area (Å²) in [5, 5.41) is 11.9. The van der Waals surface area contributed by atoms with Crippen LogP contribution in [0.4, 0.5) is 11.4 Å². The third-order valence-corrected chi connectivity index (χ3v) is 3.60. The quantitative estimate of drug-likeness (QED) is 0.926. The Kier molecular flexibility index (Phi) is 3.49. The molecule has 0 atom stereocenters. The highest BCUT2D eigenvalue weighted by Crippen LogP contribution is 2.20. The normalized spacial score (nSPS) is 10.7. The summed E-state index contributed by atoms with van der Waals surface area (Å²) in [5.41, 5.74) is 1.56. The van der Waals surface area contributed by atoms with Crippen molar-refractivity contribution in [1.29, 1.82) is 5.26 Å². The van der Waals surface area contributed by atoms with Gasteiger partial charge in [-0.1, -0.05) is 0 Å². The lowest BCUT2D eigenvalue weighted by Crippen LogP contribution is -1.98. The highest BCUT2D eigenvalue weighted by Gasteiger charge is 2.07. The fourth-order valence-corrected chi connectivity index (χ4v) is 2.17. The zero-order valence-electron chi connectivity index (χ0n) is 10.2. The maximum atomic E-state index is 11.3. The first-order valence-corrected chi connectivity index (χ1v) is 7.32. The van der Waals surface area contributed by atoms with E-state index in [-0.39, 0.29) is 10.6 Å². The molecule has 0 aliphatic carbocycles. The fraction of sp³-hybridized carbons (Fsp3) is 0.0769. The molecule has 0 fully saturated rings. The smallest absolute Gasteiger partial charge is 0.175 e. The van der Waals surface area contributed by atoms with Crippen molar-refractivity contribution in [2.75, 3.05) is 11.6 Å². The molecule has 0 spiro atoms. The Balaban J connectivity index is 2.28. The van der Waals surface area contributed by atoms with E-state index >= 15 is 0 Å². The molecule has 0 amide bonds. The molecular weight excluding hydrogens is 262 g/mol. The molecule has 0 bridgehead atoms. The van der Waals surface area contributed by atoms with Crippen molar-refractivity contribution in [3.05, 3.63) is 48.3 Å². The summed E-state index contributed by atoms with van der Waals surface area (Å²) in [6.07, 6.45) is 2.70. The Morgan fingerprint density at radius 1 is 1.21 bits per heavy atom. The van der Waals surface area contributed by atoms with E-state index in [9.17, 15) is 8.42 Å².